The van der Waals surface area contributed by atoms with E-state index in [9.17, 15) is 24.1 Å². The predicted molar refractivity (Wildman–Crippen MR) is 116 cm³/mol. The van der Waals surface area contributed by atoms with Crippen LogP contribution in [0.4, 0.5) is 10.1 Å². The lowest BCUT2D eigenvalue weighted by molar-refractivity contribution is -0.386. The van der Waals surface area contributed by atoms with E-state index in [1.54, 1.807) is 26.8 Å². The molecule has 1 unspecified atom stereocenters. The molecule has 2 aromatic carbocycles. The summed E-state index contributed by atoms with van der Waals surface area (Å²) in [6, 6.07) is 6.71. The van der Waals surface area contributed by atoms with Gasteiger partial charge < -0.3 is 14.3 Å². The van der Waals surface area contributed by atoms with Gasteiger partial charge in [-0.15, -0.1) is 0 Å². The number of ether oxygens (including phenoxy) is 2. The average molecular weight is 464 g/mol. The summed E-state index contributed by atoms with van der Waals surface area (Å²) < 4.78 is 25.5. The van der Waals surface area contributed by atoms with Crippen molar-refractivity contribution in [1.82, 2.24) is 0 Å². The number of esters is 1. The van der Waals surface area contributed by atoms with Gasteiger partial charge in [-0.1, -0.05) is 17.7 Å². The minimum Gasteiger partial charge on any atom is -0.485 e. The van der Waals surface area contributed by atoms with Gasteiger partial charge in [-0.3, -0.25) is 10.1 Å². The highest BCUT2D eigenvalue weighted by Gasteiger charge is 2.39. The van der Waals surface area contributed by atoms with Crippen LogP contribution in [0.3, 0.4) is 0 Å². The minimum atomic E-state index is -1.17. The zero-order valence-electron chi connectivity index (χ0n) is 17.9. The third-order valence-electron chi connectivity index (χ3n) is 5.28. The molecular formula is C23H23ClFNO6. The van der Waals surface area contributed by atoms with Crippen molar-refractivity contribution >= 4 is 29.5 Å². The molecule has 7 nitrogen and oxygen atoms in total. The molecule has 9 heteroatoms. The van der Waals surface area contributed by atoms with E-state index in [2.05, 4.69) is 0 Å². The van der Waals surface area contributed by atoms with Crippen LogP contribution < -0.4 is 4.74 Å². The van der Waals surface area contributed by atoms with Gasteiger partial charge in [0, 0.05) is 6.07 Å². The zero-order valence-corrected chi connectivity index (χ0v) is 18.7. The number of carbonyl (C=O) groups is 2. The minimum absolute atomic E-state index is 0.00352. The number of aldehydes is 1. The van der Waals surface area contributed by atoms with Crippen LogP contribution in [0, 0.1) is 15.9 Å². The van der Waals surface area contributed by atoms with Gasteiger partial charge in [-0.05, 0) is 69.4 Å². The normalized spacial score (nSPS) is 17.9. The predicted octanol–water partition coefficient (Wildman–Crippen LogP) is 5.19. The van der Waals surface area contributed by atoms with Crippen LogP contribution in [0.1, 0.15) is 55.1 Å². The van der Waals surface area contributed by atoms with E-state index in [0.717, 1.165) is 6.07 Å². The lowest BCUT2D eigenvalue weighted by atomic mass is 9.71. The summed E-state index contributed by atoms with van der Waals surface area (Å²) in [5.74, 6) is -1.38. The molecular weight excluding hydrogens is 441 g/mol. The van der Waals surface area contributed by atoms with Crippen molar-refractivity contribution < 1.29 is 28.4 Å². The van der Waals surface area contributed by atoms with Crippen LogP contribution in [0.2, 0.25) is 5.02 Å². The first-order valence-corrected chi connectivity index (χ1v) is 10.4. The van der Waals surface area contributed by atoms with Gasteiger partial charge in [0.2, 0.25) is 0 Å². The maximum absolute atomic E-state index is 14.5. The second kappa shape index (κ2) is 8.86. The number of halogens is 2. The first-order chi connectivity index (χ1) is 15.0. The monoisotopic (exact) mass is 463 g/mol. The van der Waals surface area contributed by atoms with Crippen molar-refractivity contribution in [2.45, 2.75) is 51.0 Å². The lowest BCUT2D eigenvalue weighted by Crippen LogP contribution is -2.39. The summed E-state index contributed by atoms with van der Waals surface area (Å²) in [5, 5.41) is 11.6. The molecule has 0 bridgehead atoms. The third kappa shape index (κ3) is 4.75. The highest BCUT2D eigenvalue weighted by atomic mass is 35.5. The SMILES string of the molecule is CC(C)(C)OC(=O)c1ccc(OCC2(C=O)CCCc3c2ccc(Cl)c3F)c([N+](=O)[O-])c1. The van der Waals surface area contributed by atoms with Gasteiger partial charge in [-0.25, -0.2) is 9.18 Å². The van der Waals surface area contributed by atoms with Crippen LogP contribution in [0.15, 0.2) is 30.3 Å². The molecule has 0 heterocycles. The Morgan fingerprint density at radius 2 is 2.03 bits per heavy atom. The van der Waals surface area contributed by atoms with Crippen LogP contribution in [-0.4, -0.2) is 29.4 Å². The summed E-state index contributed by atoms with van der Waals surface area (Å²) in [6.45, 7) is 4.84. The third-order valence-corrected chi connectivity index (χ3v) is 5.58. The Balaban J connectivity index is 1.91. The molecule has 170 valence electrons. The Bertz CT molecular complexity index is 1080. The first kappa shape index (κ1) is 23.7. The number of fused-ring (bicyclic) bond motifs is 1. The van der Waals surface area contributed by atoms with Crippen LogP contribution in [-0.2, 0) is 21.4 Å². The summed E-state index contributed by atoms with van der Waals surface area (Å²) in [5.41, 5.74) is -1.54. The summed E-state index contributed by atoms with van der Waals surface area (Å²) in [4.78, 5) is 35.3. The van der Waals surface area contributed by atoms with Gasteiger partial charge >= 0.3 is 11.7 Å². The number of nitrogens with zero attached hydrogens (tertiary/aromatic N) is 1. The van der Waals surface area contributed by atoms with Crippen molar-refractivity contribution in [3.8, 4) is 5.75 Å². The molecule has 0 saturated heterocycles. The molecule has 1 aliphatic rings. The average Bonchev–Trinajstić information content (AvgIpc) is 2.73. The number of hydrogen-bond donors (Lipinski definition) is 0. The van der Waals surface area contributed by atoms with Crippen LogP contribution >= 0.6 is 11.6 Å². The quantitative estimate of drug-likeness (QED) is 0.253. The second-order valence-corrected chi connectivity index (χ2v) is 9.15. The fraction of sp³-hybridized carbons (Fsp3) is 0.391. The highest BCUT2D eigenvalue weighted by Crippen LogP contribution is 2.40. The number of hydrogen-bond acceptors (Lipinski definition) is 6. The number of carbonyl (C=O) groups excluding carboxylic acids is 2. The van der Waals surface area contributed by atoms with Gasteiger partial charge in [0.1, 0.15) is 24.3 Å². The largest absolute Gasteiger partial charge is 0.485 e. The van der Waals surface area contributed by atoms with Crippen molar-refractivity contribution in [2.24, 2.45) is 0 Å². The van der Waals surface area contributed by atoms with Crippen molar-refractivity contribution in [2.75, 3.05) is 6.61 Å². The fourth-order valence-electron chi connectivity index (χ4n) is 3.78. The maximum atomic E-state index is 14.5. The number of nitro groups is 1. The summed E-state index contributed by atoms with van der Waals surface area (Å²) in [6.07, 6.45) is 2.06. The molecule has 3 rings (SSSR count). The zero-order chi connectivity index (χ0) is 23.7. The molecule has 0 aromatic heterocycles. The molecule has 0 amide bonds. The van der Waals surface area contributed by atoms with Crippen LogP contribution in [0.5, 0.6) is 5.75 Å². The second-order valence-electron chi connectivity index (χ2n) is 8.75. The van der Waals surface area contributed by atoms with Crippen molar-refractivity contribution in [3.63, 3.8) is 0 Å². The summed E-state index contributed by atoms with van der Waals surface area (Å²) in [7, 11) is 0. The van der Waals surface area contributed by atoms with E-state index < -0.39 is 33.4 Å². The van der Waals surface area contributed by atoms with E-state index in [0.29, 0.717) is 36.7 Å². The molecule has 2 aromatic rings. The van der Waals surface area contributed by atoms with Crippen molar-refractivity contribution in [1.29, 1.82) is 0 Å². The van der Waals surface area contributed by atoms with Gasteiger partial charge in [-0.2, -0.15) is 0 Å². The molecule has 1 aliphatic carbocycles. The molecule has 0 radical (unpaired) electrons. The Kier molecular flexibility index (Phi) is 6.55. The molecule has 0 aliphatic heterocycles. The van der Waals surface area contributed by atoms with Gasteiger partial charge in [0.25, 0.3) is 0 Å². The topological polar surface area (TPSA) is 95.7 Å². The lowest BCUT2D eigenvalue weighted by Gasteiger charge is -2.34. The van der Waals surface area contributed by atoms with Gasteiger partial charge in [0.05, 0.1) is 20.9 Å². The highest BCUT2D eigenvalue weighted by molar-refractivity contribution is 6.30. The summed E-state index contributed by atoms with van der Waals surface area (Å²) >= 11 is 5.88. The van der Waals surface area contributed by atoms with Crippen molar-refractivity contribution in [3.05, 3.63) is 68.0 Å². The first-order valence-electron chi connectivity index (χ1n) is 10.1. The Morgan fingerprint density at radius 3 is 2.66 bits per heavy atom. The molecule has 0 N–H and O–H groups in total. The molecule has 0 spiro atoms. The molecule has 32 heavy (non-hydrogen) atoms. The van der Waals surface area contributed by atoms with E-state index in [-0.39, 0.29) is 22.9 Å². The Morgan fingerprint density at radius 1 is 1.31 bits per heavy atom. The molecule has 1 atom stereocenters. The van der Waals surface area contributed by atoms with E-state index in [1.165, 1.54) is 18.2 Å². The number of nitro benzene ring substituents is 1. The van der Waals surface area contributed by atoms with E-state index in [4.69, 9.17) is 21.1 Å². The van der Waals surface area contributed by atoms with Crippen LogP contribution in [0.25, 0.3) is 0 Å². The van der Waals surface area contributed by atoms with E-state index in [1.807, 2.05) is 0 Å². The Labute approximate surface area is 189 Å². The standard InChI is InChI=1S/C23H23ClFNO6/c1-22(2,3)32-21(28)14-6-9-19(18(11-14)26(29)30)31-13-23(12-27)10-4-5-15-16(23)7-8-17(24)20(15)25/h6-9,11-12H,4-5,10,13H2,1-3H3. The Hall–Kier alpha value is -3.00. The molecule has 0 fully saturated rings. The smallest absolute Gasteiger partial charge is 0.338 e. The molecule has 0 saturated carbocycles. The van der Waals surface area contributed by atoms with Gasteiger partial charge in [0.15, 0.2) is 5.75 Å². The fourth-order valence-corrected chi connectivity index (χ4v) is 3.95. The number of rotatable bonds is 6. The van der Waals surface area contributed by atoms with E-state index >= 15 is 0 Å². The number of benzene rings is 2. The maximum Gasteiger partial charge on any atom is 0.338 e.